The molecule has 1 aliphatic rings. The van der Waals surface area contributed by atoms with E-state index >= 15 is 0 Å². The summed E-state index contributed by atoms with van der Waals surface area (Å²) in [4.78, 5) is 26.9. The van der Waals surface area contributed by atoms with Gasteiger partial charge in [0.2, 0.25) is 0 Å². The normalized spacial score (nSPS) is 14.4. The lowest BCUT2D eigenvalue weighted by Gasteiger charge is -2.03. The number of nitrogens with two attached hydrogens (primary N) is 2. The molecule has 0 aliphatic heterocycles. The Labute approximate surface area is 150 Å². The minimum atomic E-state index is -0.538. The molecule has 25 heavy (non-hydrogen) atoms. The number of fused-ring (bicyclic) bond motifs is 2. The summed E-state index contributed by atoms with van der Waals surface area (Å²) in [7, 11) is 0. The average Bonchev–Trinajstić information content (AvgIpc) is 3.27. The predicted molar refractivity (Wildman–Crippen MR) is 101 cm³/mol. The summed E-state index contributed by atoms with van der Waals surface area (Å²) in [6, 6.07) is 7.95. The highest BCUT2D eigenvalue weighted by molar-refractivity contribution is 7.22. The van der Waals surface area contributed by atoms with E-state index in [1.165, 1.54) is 11.3 Å². The van der Waals surface area contributed by atoms with Crippen molar-refractivity contribution < 1.29 is 4.79 Å². The zero-order valence-electron chi connectivity index (χ0n) is 13.0. The molecule has 1 amide bonds. The summed E-state index contributed by atoms with van der Waals surface area (Å²) in [6.07, 6.45) is 2.18. The number of thiophene rings is 1. The Balaban J connectivity index is 1.84. The highest BCUT2D eigenvalue weighted by Crippen LogP contribution is 2.44. The van der Waals surface area contributed by atoms with Crippen LogP contribution in [0.5, 0.6) is 0 Å². The Morgan fingerprint density at radius 3 is 2.64 bits per heavy atom. The lowest BCUT2D eigenvalue weighted by atomic mass is 10.2. The number of aromatic nitrogens is 3. The van der Waals surface area contributed by atoms with Crippen LogP contribution in [0.15, 0.2) is 24.3 Å². The molecule has 0 atom stereocenters. The van der Waals surface area contributed by atoms with Crippen LogP contribution in [0, 0.1) is 0 Å². The SMILES string of the molecule is NC(=O)c1sc2nc(C3CC3)nc(-c3nc4ccccc4s3)c2c1N. The van der Waals surface area contributed by atoms with Crippen molar-refractivity contribution in [2.45, 2.75) is 18.8 Å². The third kappa shape index (κ3) is 2.29. The molecule has 1 aromatic carbocycles. The van der Waals surface area contributed by atoms with Gasteiger partial charge in [0.15, 0.2) is 0 Å². The van der Waals surface area contributed by atoms with E-state index in [2.05, 4.69) is 4.98 Å². The van der Waals surface area contributed by atoms with Gasteiger partial charge in [0.1, 0.15) is 26.2 Å². The molecule has 1 saturated carbocycles. The van der Waals surface area contributed by atoms with Gasteiger partial charge in [0.05, 0.1) is 21.3 Å². The summed E-state index contributed by atoms with van der Waals surface area (Å²) in [5.74, 6) is 0.653. The van der Waals surface area contributed by atoms with Crippen LogP contribution in [-0.4, -0.2) is 20.9 Å². The molecule has 1 fully saturated rings. The van der Waals surface area contributed by atoms with E-state index in [0.717, 1.165) is 33.9 Å². The van der Waals surface area contributed by atoms with Crippen LogP contribution in [0.2, 0.25) is 0 Å². The van der Waals surface area contributed by atoms with Gasteiger partial charge in [-0.3, -0.25) is 4.79 Å². The van der Waals surface area contributed by atoms with Crippen LogP contribution < -0.4 is 11.5 Å². The van der Waals surface area contributed by atoms with Crippen LogP contribution in [0.4, 0.5) is 5.69 Å². The first-order valence-corrected chi connectivity index (χ1v) is 9.51. The van der Waals surface area contributed by atoms with Gasteiger partial charge in [-0.1, -0.05) is 12.1 Å². The predicted octanol–water partition coefficient (Wildman–Crippen LogP) is 3.53. The zero-order chi connectivity index (χ0) is 17.1. The van der Waals surface area contributed by atoms with E-state index in [9.17, 15) is 4.79 Å². The topological polar surface area (TPSA) is 108 Å². The standard InChI is InChI=1S/C17H13N5OS2/c18-11-10-12(17-20-8-3-1-2-4-9(8)24-17)21-15(7-5-6-7)22-16(10)25-13(11)14(19)23/h1-4,7H,5-6,18H2,(H2,19,23). The number of benzene rings is 1. The van der Waals surface area contributed by atoms with Gasteiger partial charge in [0, 0.05) is 5.92 Å². The van der Waals surface area contributed by atoms with Gasteiger partial charge in [0.25, 0.3) is 5.91 Å². The number of nitrogen functional groups attached to an aromatic ring is 1. The zero-order valence-corrected chi connectivity index (χ0v) is 14.7. The van der Waals surface area contributed by atoms with E-state index in [-0.39, 0.29) is 0 Å². The van der Waals surface area contributed by atoms with Crippen molar-refractivity contribution in [2.24, 2.45) is 5.73 Å². The van der Waals surface area contributed by atoms with Crippen LogP contribution in [0.3, 0.4) is 0 Å². The maximum absolute atomic E-state index is 11.7. The molecule has 4 aromatic rings. The van der Waals surface area contributed by atoms with Gasteiger partial charge in [-0.2, -0.15) is 0 Å². The number of carbonyl (C=O) groups is 1. The Kier molecular flexibility index (Phi) is 3.07. The smallest absolute Gasteiger partial charge is 0.260 e. The molecule has 3 heterocycles. The monoisotopic (exact) mass is 367 g/mol. The fourth-order valence-corrected chi connectivity index (χ4v) is 4.79. The molecule has 8 heteroatoms. The second-order valence-electron chi connectivity index (χ2n) is 6.08. The fourth-order valence-electron chi connectivity index (χ4n) is 2.87. The highest BCUT2D eigenvalue weighted by atomic mass is 32.1. The van der Waals surface area contributed by atoms with E-state index in [4.69, 9.17) is 21.4 Å². The van der Waals surface area contributed by atoms with Crippen molar-refractivity contribution in [3.63, 3.8) is 0 Å². The molecular formula is C17H13N5OS2. The van der Waals surface area contributed by atoms with Gasteiger partial charge in [-0.25, -0.2) is 15.0 Å². The van der Waals surface area contributed by atoms with Crippen LogP contribution in [0.25, 0.3) is 31.1 Å². The molecule has 3 aromatic heterocycles. The van der Waals surface area contributed by atoms with Crippen LogP contribution >= 0.6 is 22.7 Å². The van der Waals surface area contributed by atoms with Gasteiger partial charge < -0.3 is 11.5 Å². The quantitative estimate of drug-likeness (QED) is 0.576. The highest BCUT2D eigenvalue weighted by Gasteiger charge is 2.30. The number of amides is 1. The average molecular weight is 367 g/mol. The molecule has 0 unspecified atom stereocenters. The van der Waals surface area contributed by atoms with E-state index < -0.39 is 5.91 Å². The minimum absolute atomic E-state index is 0.333. The van der Waals surface area contributed by atoms with Gasteiger partial charge >= 0.3 is 0 Å². The summed E-state index contributed by atoms with van der Waals surface area (Å²) in [6.45, 7) is 0. The van der Waals surface area contributed by atoms with E-state index in [1.807, 2.05) is 24.3 Å². The van der Waals surface area contributed by atoms with Crippen molar-refractivity contribution in [3.8, 4) is 10.7 Å². The third-order valence-electron chi connectivity index (χ3n) is 4.27. The Bertz CT molecular complexity index is 1130. The van der Waals surface area contributed by atoms with Gasteiger partial charge in [-0.05, 0) is 25.0 Å². The Hall–Kier alpha value is -2.58. The number of para-hydroxylation sites is 1. The number of anilines is 1. The molecular weight excluding hydrogens is 354 g/mol. The first kappa shape index (κ1) is 14.7. The van der Waals surface area contributed by atoms with E-state index in [1.54, 1.807) is 11.3 Å². The molecule has 6 nitrogen and oxygen atoms in total. The first-order valence-electron chi connectivity index (χ1n) is 7.87. The number of thiazole rings is 1. The fraction of sp³-hybridized carbons (Fsp3) is 0.176. The van der Waals surface area contributed by atoms with Crippen molar-refractivity contribution in [3.05, 3.63) is 35.0 Å². The maximum Gasteiger partial charge on any atom is 0.260 e. The third-order valence-corrected chi connectivity index (χ3v) is 6.43. The lowest BCUT2D eigenvalue weighted by molar-refractivity contribution is 0.100. The number of rotatable bonds is 3. The number of nitrogens with zero attached hydrogens (tertiary/aromatic N) is 3. The molecule has 0 bridgehead atoms. The summed E-state index contributed by atoms with van der Waals surface area (Å²) in [5.41, 5.74) is 13.7. The number of primary amides is 1. The molecule has 124 valence electrons. The first-order chi connectivity index (χ1) is 12.1. The maximum atomic E-state index is 11.7. The Morgan fingerprint density at radius 1 is 1.12 bits per heavy atom. The number of hydrogen-bond acceptors (Lipinski definition) is 7. The molecule has 0 spiro atoms. The minimum Gasteiger partial charge on any atom is -0.397 e. The number of carbonyl (C=O) groups excluding carboxylic acids is 1. The number of hydrogen-bond donors (Lipinski definition) is 2. The van der Waals surface area contributed by atoms with Crippen molar-refractivity contribution >= 4 is 54.7 Å². The second kappa shape index (κ2) is 5.21. The van der Waals surface area contributed by atoms with E-state index in [0.29, 0.717) is 32.4 Å². The van der Waals surface area contributed by atoms with Crippen molar-refractivity contribution in [1.29, 1.82) is 0 Å². The summed E-state index contributed by atoms with van der Waals surface area (Å²) < 4.78 is 1.08. The Morgan fingerprint density at radius 2 is 1.92 bits per heavy atom. The van der Waals surface area contributed by atoms with Crippen LogP contribution in [-0.2, 0) is 0 Å². The van der Waals surface area contributed by atoms with Crippen LogP contribution in [0.1, 0.15) is 34.3 Å². The summed E-state index contributed by atoms with van der Waals surface area (Å²) in [5, 5.41) is 1.47. The van der Waals surface area contributed by atoms with Gasteiger partial charge in [-0.15, -0.1) is 22.7 Å². The van der Waals surface area contributed by atoms with Crippen molar-refractivity contribution in [1.82, 2.24) is 15.0 Å². The second-order valence-corrected chi connectivity index (χ2v) is 8.11. The lowest BCUT2D eigenvalue weighted by Crippen LogP contribution is -2.10. The molecule has 5 rings (SSSR count). The molecule has 4 N–H and O–H groups in total. The largest absolute Gasteiger partial charge is 0.397 e. The summed E-state index contributed by atoms with van der Waals surface area (Å²) >= 11 is 2.80. The molecule has 0 saturated heterocycles. The van der Waals surface area contributed by atoms with Crippen molar-refractivity contribution in [2.75, 3.05) is 5.73 Å². The molecule has 1 aliphatic carbocycles. The molecule has 0 radical (unpaired) electrons.